The molecular formula is C24H27N4O5P. The summed E-state index contributed by atoms with van der Waals surface area (Å²) in [6.07, 6.45) is 6.25. The Bertz CT molecular complexity index is 1320. The highest BCUT2D eigenvalue weighted by Gasteiger charge is 2.29. The van der Waals surface area contributed by atoms with E-state index in [1.807, 2.05) is 11.0 Å². The lowest BCUT2D eigenvalue weighted by Gasteiger charge is -2.23. The number of carbonyl (C=O) groups excluding carboxylic acids is 1. The Balaban J connectivity index is 1.80. The number of nitrogens with zero attached hydrogens (tertiary/aromatic N) is 2. The quantitative estimate of drug-likeness (QED) is 0.272. The van der Waals surface area contributed by atoms with E-state index in [1.165, 1.54) is 0 Å². The van der Waals surface area contributed by atoms with Gasteiger partial charge in [0.05, 0.1) is 17.4 Å². The van der Waals surface area contributed by atoms with Gasteiger partial charge in [-0.25, -0.2) is 4.98 Å². The molecule has 178 valence electrons. The van der Waals surface area contributed by atoms with Crippen LogP contribution in [0.1, 0.15) is 41.5 Å². The lowest BCUT2D eigenvalue weighted by Crippen LogP contribution is -2.34. The average molecular weight is 482 g/mol. The molecule has 3 rings (SSSR count). The molecule has 0 bridgehead atoms. The normalized spacial score (nSPS) is 12.2. The first kappa shape index (κ1) is 25.2. The van der Waals surface area contributed by atoms with E-state index < -0.39 is 19.3 Å². The van der Waals surface area contributed by atoms with Crippen molar-refractivity contribution in [3.63, 3.8) is 0 Å². The molecule has 1 heterocycles. The van der Waals surface area contributed by atoms with Gasteiger partial charge in [-0.2, -0.15) is 0 Å². The van der Waals surface area contributed by atoms with Gasteiger partial charge in [0.25, 0.3) is 11.5 Å². The lowest BCUT2D eigenvalue weighted by molar-refractivity contribution is 0.0941. The summed E-state index contributed by atoms with van der Waals surface area (Å²) >= 11 is 0. The van der Waals surface area contributed by atoms with Crippen LogP contribution in [0.3, 0.4) is 0 Å². The van der Waals surface area contributed by atoms with E-state index in [0.29, 0.717) is 36.2 Å². The van der Waals surface area contributed by atoms with Crippen molar-refractivity contribution in [2.45, 2.75) is 39.0 Å². The standard InChI is InChI=1S/C24H27N4O5P/c1-4-6-22(34(31,32)33)27-23(29)18-8-10-19(11-9-18)28(13-5-2)15-17-7-12-21-20(14-17)24(30)26-16(3)25-21/h2,7-12,14,22H,4,6,13,15H2,1,3H3,(H,27,29)(H,25,26,30)(H2,31,32,33). The van der Waals surface area contributed by atoms with E-state index in [1.54, 1.807) is 50.2 Å². The molecule has 0 saturated heterocycles. The van der Waals surface area contributed by atoms with Crippen LogP contribution in [-0.2, 0) is 11.1 Å². The van der Waals surface area contributed by atoms with Crippen molar-refractivity contribution in [1.29, 1.82) is 0 Å². The number of amides is 1. The Hall–Kier alpha value is -3.44. The van der Waals surface area contributed by atoms with Gasteiger partial charge in [-0.05, 0) is 55.3 Å². The zero-order valence-electron chi connectivity index (χ0n) is 19.0. The number of aromatic amines is 1. The molecule has 0 aliphatic heterocycles. The Morgan fingerprint density at radius 3 is 2.59 bits per heavy atom. The molecule has 1 aromatic heterocycles. The third-order valence-corrected chi connectivity index (χ3v) is 6.50. The lowest BCUT2D eigenvalue weighted by atomic mass is 10.1. The van der Waals surface area contributed by atoms with Crippen LogP contribution in [0.2, 0.25) is 0 Å². The van der Waals surface area contributed by atoms with E-state index in [-0.39, 0.29) is 17.5 Å². The fraction of sp³-hybridized carbons (Fsp3) is 0.292. The first-order valence-electron chi connectivity index (χ1n) is 10.8. The second kappa shape index (κ2) is 10.7. The summed E-state index contributed by atoms with van der Waals surface area (Å²) in [5, 5.41) is 2.92. The van der Waals surface area contributed by atoms with Crippen molar-refractivity contribution in [3.05, 3.63) is 69.8 Å². The number of carbonyl (C=O) groups is 1. The van der Waals surface area contributed by atoms with Crippen LogP contribution in [0, 0.1) is 19.3 Å². The largest absolute Gasteiger partial charge is 0.356 e. The minimum atomic E-state index is -4.46. The molecule has 0 fully saturated rings. The Morgan fingerprint density at radius 2 is 1.97 bits per heavy atom. The smallest absolute Gasteiger partial charge is 0.347 e. The fourth-order valence-electron chi connectivity index (χ4n) is 3.63. The van der Waals surface area contributed by atoms with Crippen molar-refractivity contribution >= 4 is 30.1 Å². The van der Waals surface area contributed by atoms with E-state index in [2.05, 4.69) is 21.2 Å². The van der Waals surface area contributed by atoms with Gasteiger partial charge in [0, 0.05) is 17.8 Å². The number of aromatic nitrogens is 2. The highest BCUT2D eigenvalue weighted by atomic mass is 31.2. The van der Waals surface area contributed by atoms with Gasteiger partial charge in [-0.3, -0.25) is 14.2 Å². The van der Waals surface area contributed by atoms with Crippen LogP contribution >= 0.6 is 7.60 Å². The number of rotatable bonds is 9. The summed E-state index contributed by atoms with van der Waals surface area (Å²) in [5.74, 6) is 1.38. The third kappa shape index (κ3) is 6.12. The zero-order chi connectivity index (χ0) is 24.9. The number of H-pyrrole nitrogens is 1. The third-order valence-electron chi connectivity index (χ3n) is 5.30. The molecule has 1 unspecified atom stereocenters. The monoisotopic (exact) mass is 482 g/mol. The molecule has 1 amide bonds. The predicted molar refractivity (Wildman–Crippen MR) is 132 cm³/mol. The summed E-state index contributed by atoms with van der Waals surface area (Å²) in [7, 11) is -4.46. The van der Waals surface area contributed by atoms with Gasteiger partial charge < -0.3 is 25.0 Å². The maximum atomic E-state index is 12.5. The molecule has 3 aromatic rings. The Morgan fingerprint density at radius 1 is 1.26 bits per heavy atom. The van der Waals surface area contributed by atoms with Crippen LogP contribution in [0.15, 0.2) is 47.3 Å². The number of anilines is 1. The number of aryl methyl sites for hydroxylation is 1. The van der Waals surface area contributed by atoms with Crippen LogP contribution in [0.4, 0.5) is 5.69 Å². The van der Waals surface area contributed by atoms with Gasteiger partial charge in [0.2, 0.25) is 0 Å². The number of hydrogen-bond donors (Lipinski definition) is 4. The molecule has 34 heavy (non-hydrogen) atoms. The number of benzene rings is 2. The first-order chi connectivity index (χ1) is 16.1. The molecule has 9 nitrogen and oxygen atoms in total. The van der Waals surface area contributed by atoms with Crippen molar-refractivity contribution in [3.8, 4) is 12.3 Å². The van der Waals surface area contributed by atoms with E-state index in [0.717, 1.165) is 11.3 Å². The molecule has 0 spiro atoms. The van der Waals surface area contributed by atoms with E-state index in [4.69, 9.17) is 6.42 Å². The van der Waals surface area contributed by atoms with Crippen molar-refractivity contribution in [1.82, 2.24) is 15.3 Å². The van der Waals surface area contributed by atoms with E-state index >= 15 is 0 Å². The molecule has 0 radical (unpaired) electrons. The predicted octanol–water partition coefficient (Wildman–Crippen LogP) is 2.91. The second-order valence-corrected chi connectivity index (χ2v) is 9.78. The molecule has 0 saturated carbocycles. The molecule has 2 aromatic carbocycles. The zero-order valence-corrected chi connectivity index (χ0v) is 19.9. The highest BCUT2D eigenvalue weighted by molar-refractivity contribution is 7.52. The van der Waals surface area contributed by atoms with Gasteiger partial charge in [-0.15, -0.1) is 6.42 Å². The van der Waals surface area contributed by atoms with Gasteiger partial charge in [0.1, 0.15) is 11.6 Å². The topological polar surface area (TPSA) is 136 Å². The SMILES string of the molecule is C#CCN(Cc1ccc2nc(C)[nH]c(=O)c2c1)c1ccc(C(=O)NC(CCC)P(=O)(O)O)cc1. The maximum absolute atomic E-state index is 12.5. The fourth-order valence-corrected chi connectivity index (χ4v) is 4.51. The van der Waals surface area contributed by atoms with Crippen LogP contribution in [0.5, 0.6) is 0 Å². The number of nitrogens with one attached hydrogen (secondary N) is 2. The number of fused-ring (bicyclic) bond motifs is 1. The minimum absolute atomic E-state index is 0.174. The van der Waals surface area contributed by atoms with Crippen LogP contribution in [0.25, 0.3) is 10.9 Å². The highest BCUT2D eigenvalue weighted by Crippen LogP contribution is 2.41. The molecule has 10 heteroatoms. The van der Waals surface area contributed by atoms with Gasteiger partial charge >= 0.3 is 7.60 Å². The van der Waals surface area contributed by atoms with Crippen LogP contribution < -0.4 is 15.8 Å². The van der Waals surface area contributed by atoms with Crippen LogP contribution in [-0.4, -0.2) is 38.0 Å². The first-order valence-corrected chi connectivity index (χ1v) is 12.4. The van der Waals surface area contributed by atoms with Crippen molar-refractivity contribution < 1.29 is 19.1 Å². The van der Waals surface area contributed by atoms with Gasteiger partial charge in [-0.1, -0.05) is 25.3 Å². The van der Waals surface area contributed by atoms with Gasteiger partial charge in [0.15, 0.2) is 0 Å². The average Bonchev–Trinajstić information content (AvgIpc) is 2.78. The molecule has 4 N–H and O–H groups in total. The molecule has 0 aliphatic carbocycles. The van der Waals surface area contributed by atoms with Crippen molar-refractivity contribution in [2.24, 2.45) is 0 Å². The Labute approximate surface area is 197 Å². The summed E-state index contributed by atoms with van der Waals surface area (Å²) in [6.45, 7) is 4.23. The molecule has 0 aliphatic rings. The summed E-state index contributed by atoms with van der Waals surface area (Å²) in [4.78, 5) is 52.7. The molecule has 1 atom stereocenters. The number of terminal acetylenes is 1. The second-order valence-electron chi connectivity index (χ2n) is 7.98. The molecular weight excluding hydrogens is 455 g/mol. The Kier molecular flexibility index (Phi) is 7.90. The summed E-state index contributed by atoms with van der Waals surface area (Å²) in [5.41, 5.74) is 2.30. The minimum Gasteiger partial charge on any atom is -0.356 e. The van der Waals surface area contributed by atoms with E-state index in [9.17, 15) is 23.9 Å². The number of hydrogen-bond acceptors (Lipinski definition) is 5. The van der Waals surface area contributed by atoms with Crippen molar-refractivity contribution in [2.75, 3.05) is 11.4 Å². The summed E-state index contributed by atoms with van der Waals surface area (Å²) in [6, 6.07) is 12.1. The maximum Gasteiger partial charge on any atom is 0.347 e. The summed E-state index contributed by atoms with van der Waals surface area (Å²) < 4.78 is 11.6.